The van der Waals surface area contributed by atoms with Gasteiger partial charge in [-0.25, -0.2) is 4.39 Å². The highest BCUT2D eigenvalue weighted by molar-refractivity contribution is 5.51. The lowest BCUT2D eigenvalue weighted by Gasteiger charge is -2.33. The van der Waals surface area contributed by atoms with E-state index < -0.39 is 0 Å². The molecule has 1 heterocycles. The van der Waals surface area contributed by atoms with Gasteiger partial charge < -0.3 is 14.8 Å². The van der Waals surface area contributed by atoms with Gasteiger partial charge in [0.1, 0.15) is 17.3 Å². The standard InChI is InChI=1S/C20H25FN2O2/c1-24-17-9-5-10-18(25-2)19(17)20(15-7-3-4-8-16(15)21)23-13-6-11-22-12-14-23/h3-5,7-10,20,22H,6,11-14H2,1-2H3. The summed E-state index contributed by atoms with van der Waals surface area (Å²) in [5, 5.41) is 3.41. The van der Waals surface area contributed by atoms with Crippen molar-refractivity contribution in [2.75, 3.05) is 40.4 Å². The maximum absolute atomic E-state index is 14.7. The molecule has 0 amide bonds. The van der Waals surface area contributed by atoms with Crippen LogP contribution in [0.1, 0.15) is 23.6 Å². The van der Waals surface area contributed by atoms with Crippen molar-refractivity contribution in [2.24, 2.45) is 0 Å². The van der Waals surface area contributed by atoms with E-state index in [1.54, 1.807) is 20.3 Å². The van der Waals surface area contributed by atoms with Gasteiger partial charge in [0.25, 0.3) is 0 Å². The zero-order valence-electron chi connectivity index (χ0n) is 14.8. The zero-order chi connectivity index (χ0) is 17.6. The first-order valence-electron chi connectivity index (χ1n) is 8.66. The average Bonchev–Trinajstić information content (AvgIpc) is 2.93. The molecule has 0 radical (unpaired) electrons. The number of methoxy groups -OCH3 is 2. The fourth-order valence-corrected chi connectivity index (χ4v) is 3.51. The minimum Gasteiger partial charge on any atom is -0.496 e. The summed E-state index contributed by atoms with van der Waals surface area (Å²) in [4.78, 5) is 2.30. The first kappa shape index (κ1) is 17.7. The topological polar surface area (TPSA) is 33.7 Å². The van der Waals surface area contributed by atoms with Gasteiger partial charge in [0.15, 0.2) is 0 Å². The number of rotatable bonds is 5. The van der Waals surface area contributed by atoms with Gasteiger partial charge in [-0.15, -0.1) is 0 Å². The summed E-state index contributed by atoms with van der Waals surface area (Å²) < 4.78 is 25.9. The molecule has 0 aromatic heterocycles. The Morgan fingerprint density at radius 1 is 0.960 bits per heavy atom. The lowest BCUT2D eigenvalue weighted by molar-refractivity contribution is 0.227. The maximum Gasteiger partial charge on any atom is 0.128 e. The molecule has 0 saturated carbocycles. The highest BCUT2D eigenvalue weighted by Crippen LogP contribution is 2.41. The Morgan fingerprint density at radius 3 is 2.36 bits per heavy atom. The van der Waals surface area contributed by atoms with Gasteiger partial charge in [-0.3, -0.25) is 4.90 Å². The second-order valence-corrected chi connectivity index (χ2v) is 6.14. The van der Waals surface area contributed by atoms with E-state index in [0.717, 1.165) is 38.2 Å². The normalized spacial score (nSPS) is 16.9. The number of benzene rings is 2. The summed E-state index contributed by atoms with van der Waals surface area (Å²) in [5.41, 5.74) is 1.52. The van der Waals surface area contributed by atoms with Crippen molar-refractivity contribution in [1.29, 1.82) is 0 Å². The van der Waals surface area contributed by atoms with Gasteiger partial charge in [0, 0.05) is 25.2 Å². The molecule has 25 heavy (non-hydrogen) atoms. The fourth-order valence-electron chi connectivity index (χ4n) is 3.51. The first-order chi connectivity index (χ1) is 12.3. The van der Waals surface area contributed by atoms with Gasteiger partial charge in [-0.1, -0.05) is 24.3 Å². The van der Waals surface area contributed by atoms with Crippen molar-refractivity contribution in [3.05, 3.63) is 59.4 Å². The van der Waals surface area contributed by atoms with Crippen molar-refractivity contribution in [1.82, 2.24) is 10.2 Å². The summed E-state index contributed by atoms with van der Waals surface area (Å²) in [5.74, 6) is 1.22. The van der Waals surface area contributed by atoms with Crippen LogP contribution in [0.25, 0.3) is 0 Å². The lowest BCUT2D eigenvalue weighted by Crippen LogP contribution is -2.34. The van der Waals surface area contributed by atoms with Gasteiger partial charge in [0.2, 0.25) is 0 Å². The van der Waals surface area contributed by atoms with E-state index in [1.807, 2.05) is 30.3 Å². The summed E-state index contributed by atoms with van der Waals surface area (Å²) in [7, 11) is 3.28. The molecule has 134 valence electrons. The van der Waals surface area contributed by atoms with Crippen LogP contribution in [0.3, 0.4) is 0 Å². The predicted octanol–water partition coefficient (Wildman–Crippen LogP) is 3.23. The van der Waals surface area contributed by atoms with E-state index in [-0.39, 0.29) is 11.9 Å². The Hall–Kier alpha value is -2.11. The Balaban J connectivity index is 2.16. The quantitative estimate of drug-likeness (QED) is 0.903. The Labute approximate surface area is 148 Å². The number of ether oxygens (including phenoxy) is 2. The molecule has 1 aliphatic rings. The molecule has 1 unspecified atom stereocenters. The molecular formula is C20H25FN2O2. The second-order valence-electron chi connectivity index (χ2n) is 6.14. The maximum atomic E-state index is 14.7. The largest absolute Gasteiger partial charge is 0.496 e. The third-order valence-electron chi connectivity index (χ3n) is 4.68. The van der Waals surface area contributed by atoms with Crippen LogP contribution >= 0.6 is 0 Å². The minimum absolute atomic E-state index is 0.210. The Morgan fingerprint density at radius 2 is 1.68 bits per heavy atom. The van der Waals surface area contributed by atoms with E-state index in [2.05, 4.69) is 10.2 Å². The monoisotopic (exact) mass is 344 g/mol. The third kappa shape index (κ3) is 3.78. The van der Waals surface area contributed by atoms with Crippen LogP contribution in [0, 0.1) is 5.82 Å². The summed E-state index contributed by atoms with van der Waals surface area (Å²) in [6.45, 7) is 3.57. The molecule has 2 aromatic carbocycles. The van der Waals surface area contributed by atoms with E-state index in [4.69, 9.17) is 9.47 Å². The second kappa shape index (κ2) is 8.32. The molecule has 1 atom stereocenters. The number of halogens is 1. The Kier molecular flexibility index (Phi) is 5.89. The van der Waals surface area contributed by atoms with Crippen molar-refractivity contribution in [3.8, 4) is 11.5 Å². The van der Waals surface area contributed by atoms with Crippen LogP contribution in [0.5, 0.6) is 11.5 Å². The molecule has 0 spiro atoms. The van der Waals surface area contributed by atoms with Crippen molar-refractivity contribution in [2.45, 2.75) is 12.5 Å². The molecule has 1 saturated heterocycles. The molecule has 0 bridgehead atoms. The number of hydrogen-bond donors (Lipinski definition) is 1. The summed E-state index contributed by atoms with van der Waals surface area (Å²) in [6.07, 6.45) is 1.02. The number of nitrogens with zero attached hydrogens (tertiary/aromatic N) is 1. The molecule has 5 heteroatoms. The van der Waals surface area contributed by atoms with Gasteiger partial charge in [0.05, 0.1) is 25.8 Å². The SMILES string of the molecule is COc1cccc(OC)c1C(c1ccccc1F)N1CCCNCC1. The van der Waals surface area contributed by atoms with Gasteiger partial charge >= 0.3 is 0 Å². The van der Waals surface area contributed by atoms with Gasteiger partial charge in [-0.2, -0.15) is 0 Å². The fraction of sp³-hybridized carbons (Fsp3) is 0.400. The van der Waals surface area contributed by atoms with Crippen LogP contribution in [-0.4, -0.2) is 45.3 Å². The third-order valence-corrected chi connectivity index (χ3v) is 4.68. The summed E-state index contributed by atoms with van der Waals surface area (Å²) >= 11 is 0. The molecule has 4 nitrogen and oxygen atoms in total. The highest BCUT2D eigenvalue weighted by Gasteiger charge is 2.30. The molecule has 1 N–H and O–H groups in total. The van der Waals surface area contributed by atoms with Crippen molar-refractivity contribution < 1.29 is 13.9 Å². The Bertz CT molecular complexity index is 678. The minimum atomic E-state index is -0.257. The van der Waals surface area contributed by atoms with Gasteiger partial charge in [-0.05, 0) is 31.2 Å². The van der Waals surface area contributed by atoms with Crippen LogP contribution < -0.4 is 14.8 Å². The molecule has 1 aliphatic heterocycles. The smallest absolute Gasteiger partial charge is 0.128 e. The number of nitrogens with one attached hydrogen (secondary N) is 1. The molecule has 1 fully saturated rings. The van der Waals surface area contributed by atoms with E-state index in [9.17, 15) is 4.39 Å². The van der Waals surface area contributed by atoms with Crippen LogP contribution in [-0.2, 0) is 0 Å². The van der Waals surface area contributed by atoms with E-state index in [1.165, 1.54) is 6.07 Å². The van der Waals surface area contributed by atoms with Crippen LogP contribution in [0.4, 0.5) is 4.39 Å². The molecule has 0 aliphatic carbocycles. The first-order valence-corrected chi connectivity index (χ1v) is 8.66. The lowest BCUT2D eigenvalue weighted by atomic mass is 9.94. The molecule has 3 rings (SSSR count). The summed E-state index contributed by atoms with van der Waals surface area (Å²) in [6, 6.07) is 12.4. The van der Waals surface area contributed by atoms with Crippen molar-refractivity contribution >= 4 is 0 Å². The van der Waals surface area contributed by atoms with E-state index in [0.29, 0.717) is 17.1 Å². The predicted molar refractivity (Wildman–Crippen MR) is 96.8 cm³/mol. The van der Waals surface area contributed by atoms with Crippen LogP contribution in [0.15, 0.2) is 42.5 Å². The number of hydrogen-bond acceptors (Lipinski definition) is 4. The average molecular weight is 344 g/mol. The highest BCUT2D eigenvalue weighted by atomic mass is 19.1. The van der Waals surface area contributed by atoms with Crippen molar-refractivity contribution in [3.63, 3.8) is 0 Å². The van der Waals surface area contributed by atoms with E-state index >= 15 is 0 Å². The van der Waals surface area contributed by atoms with Crippen LogP contribution in [0.2, 0.25) is 0 Å². The zero-order valence-corrected chi connectivity index (χ0v) is 14.8. The molecule has 2 aromatic rings. The molecular weight excluding hydrogens is 319 g/mol.